The van der Waals surface area contributed by atoms with Crippen molar-refractivity contribution in [1.29, 1.82) is 0 Å². The summed E-state index contributed by atoms with van der Waals surface area (Å²) in [4.78, 5) is 13.1. The van der Waals surface area contributed by atoms with E-state index in [9.17, 15) is 18.5 Å². The first-order valence-corrected chi connectivity index (χ1v) is 8.12. The van der Waals surface area contributed by atoms with E-state index in [4.69, 9.17) is 0 Å². The van der Waals surface area contributed by atoms with Crippen LogP contribution in [0.1, 0.15) is 5.69 Å². The van der Waals surface area contributed by atoms with Crippen molar-refractivity contribution >= 4 is 21.2 Å². The van der Waals surface area contributed by atoms with Gasteiger partial charge in [-0.3, -0.25) is 10.1 Å². The fraction of sp³-hybridized carbons (Fsp3) is 0.231. The van der Waals surface area contributed by atoms with E-state index in [0.717, 1.165) is 18.0 Å². The van der Waals surface area contributed by atoms with Crippen molar-refractivity contribution < 1.29 is 13.3 Å². The average molecular weight is 309 g/mol. The molecule has 2 N–H and O–H groups in total. The van der Waals surface area contributed by atoms with Crippen LogP contribution in [-0.4, -0.2) is 31.1 Å². The van der Waals surface area contributed by atoms with Crippen LogP contribution in [0.3, 0.4) is 0 Å². The quantitative estimate of drug-likeness (QED) is 0.627. The molecule has 0 spiro atoms. The molecule has 0 saturated heterocycles. The molecule has 0 saturated carbocycles. The van der Waals surface area contributed by atoms with Gasteiger partial charge in [-0.2, -0.15) is 0 Å². The molecule has 0 amide bonds. The minimum Gasteiger partial charge on any atom is -0.384 e. The minimum absolute atomic E-state index is 0.0665. The fourth-order valence-electron chi connectivity index (χ4n) is 1.93. The molecule has 0 aliphatic carbocycles. The van der Waals surface area contributed by atoms with Crippen molar-refractivity contribution in [3.63, 3.8) is 0 Å². The first-order chi connectivity index (χ1) is 9.88. The summed E-state index contributed by atoms with van der Waals surface area (Å²) < 4.78 is 23.5. The maximum absolute atomic E-state index is 11.8. The first-order valence-electron chi connectivity index (χ1n) is 6.22. The van der Waals surface area contributed by atoms with Crippen molar-refractivity contribution in [2.24, 2.45) is 0 Å². The van der Waals surface area contributed by atoms with Crippen LogP contribution < -0.4 is 5.32 Å². The van der Waals surface area contributed by atoms with Crippen LogP contribution in [0.2, 0.25) is 0 Å². The second kappa shape index (κ2) is 5.96. The van der Waals surface area contributed by atoms with Gasteiger partial charge in [-0.25, -0.2) is 8.42 Å². The van der Waals surface area contributed by atoms with Gasteiger partial charge >= 0.3 is 0 Å². The molecule has 0 fully saturated rings. The maximum Gasteiger partial charge on any atom is 0.270 e. The third kappa shape index (κ3) is 3.82. The van der Waals surface area contributed by atoms with Gasteiger partial charge in [-0.15, -0.1) is 0 Å². The predicted octanol–water partition coefficient (Wildman–Crippen LogP) is 1.98. The van der Waals surface area contributed by atoms with Crippen molar-refractivity contribution in [3.8, 4) is 0 Å². The van der Waals surface area contributed by atoms with Crippen LogP contribution in [0.15, 0.2) is 41.4 Å². The Bertz CT molecular complexity index is 739. The van der Waals surface area contributed by atoms with Crippen molar-refractivity contribution in [2.75, 3.05) is 18.1 Å². The van der Waals surface area contributed by atoms with Gasteiger partial charge in [-0.05, 0) is 18.2 Å². The molecule has 8 heteroatoms. The SMILES string of the molecule is CS(=O)(=O)c1cc([N+](=O)[O-])ccc1NCCc1ccc[nH]1. The Kier molecular flexibility index (Phi) is 4.27. The number of nitrogens with zero attached hydrogens (tertiary/aromatic N) is 1. The molecular weight excluding hydrogens is 294 g/mol. The Morgan fingerprint density at radius 1 is 1.33 bits per heavy atom. The Balaban J connectivity index is 2.20. The second-order valence-electron chi connectivity index (χ2n) is 4.58. The van der Waals surface area contributed by atoms with E-state index in [2.05, 4.69) is 10.3 Å². The average Bonchev–Trinajstić information content (AvgIpc) is 2.90. The summed E-state index contributed by atoms with van der Waals surface area (Å²) in [6.07, 6.45) is 3.53. The summed E-state index contributed by atoms with van der Waals surface area (Å²) in [6, 6.07) is 7.58. The van der Waals surface area contributed by atoms with Gasteiger partial charge in [-0.1, -0.05) is 0 Å². The van der Waals surface area contributed by atoms with Crippen LogP contribution in [0.25, 0.3) is 0 Å². The molecule has 21 heavy (non-hydrogen) atoms. The Morgan fingerprint density at radius 2 is 2.10 bits per heavy atom. The van der Waals surface area contributed by atoms with Gasteiger partial charge in [0.25, 0.3) is 5.69 Å². The summed E-state index contributed by atoms with van der Waals surface area (Å²) in [5, 5.41) is 13.7. The van der Waals surface area contributed by atoms with Gasteiger partial charge in [0.15, 0.2) is 9.84 Å². The van der Waals surface area contributed by atoms with E-state index in [1.165, 1.54) is 12.1 Å². The van der Waals surface area contributed by atoms with E-state index >= 15 is 0 Å². The van der Waals surface area contributed by atoms with Gasteiger partial charge < -0.3 is 10.3 Å². The molecule has 0 radical (unpaired) electrons. The molecular formula is C13H15N3O4S. The first kappa shape index (κ1) is 15.0. The number of aromatic nitrogens is 1. The number of nitro benzene ring substituents is 1. The molecule has 0 aliphatic heterocycles. The Hall–Kier alpha value is -2.35. The zero-order valence-electron chi connectivity index (χ0n) is 11.4. The van der Waals surface area contributed by atoms with Crippen LogP contribution in [0.4, 0.5) is 11.4 Å². The Morgan fingerprint density at radius 3 is 2.67 bits per heavy atom. The highest BCUT2D eigenvalue weighted by atomic mass is 32.2. The number of anilines is 1. The zero-order valence-corrected chi connectivity index (χ0v) is 12.2. The summed E-state index contributed by atoms with van der Waals surface area (Å²) in [5.74, 6) is 0. The molecule has 0 aliphatic rings. The number of benzene rings is 1. The smallest absolute Gasteiger partial charge is 0.270 e. The highest BCUT2D eigenvalue weighted by molar-refractivity contribution is 7.90. The standard InChI is InChI=1S/C13H15N3O4S/c1-21(19,20)13-9-11(16(17)18)4-5-12(13)15-8-6-10-3-2-7-14-10/h2-5,7,9,14-15H,6,8H2,1H3. The Labute approximate surface area is 122 Å². The lowest BCUT2D eigenvalue weighted by Gasteiger charge is -2.10. The third-order valence-corrected chi connectivity index (χ3v) is 4.08. The van der Waals surface area contributed by atoms with Gasteiger partial charge in [0.2, 0.25) is 0 Å². The van der Waals surface area contributed by atoms with E-state index in [1.54, 1.807) is 0 Å². The van der Waals surface area contributed by atoms with Crippen LogP contribution in [-0.2, 0) is 16.3 Å². The monoisotopic (exact) mass is 309 g/mol. The van der Waals surface area contributed by atoms with Crippen molar-refractivity contribution in [2.45, 2.75) is 11.3 Å². The largest absolute Gasteiger partial charge is 0.384 e. The van der Waals surface area contributed by atoms with Gasteiger partial charge in [0.1, 0.15) is 0 Å². The van der Waals surface area contributed by atoms with Gasteiger partial charge in [0, 0.05) is 43.2 Å². The predicted molar refractivity (Wildman–Crippen MR) is 79.2 cm³/mol. The van der Waals surface area contributed by atoms with E-state index < -0.39 is 14.8 Å². The number of hydrogen-bond acceptors (Lipinski definition) is 5. The molecule has 1 heterocycles. The molecule has 0 atom stereocenters. The number of sulfone groups is 1. The molecule has 0 bridgehead atoms. The number of rotatable bonds is 6. The molecule has 112 valence electrons. The summed E-state index contributed by atoms with van der Waals surface area (Å²) in [7, 11) is -3.55. The third-order valence-electron chi connectivity index (χ3n) is 2.95. The van der Waals surface area contributed by atoms with Crippen molar-refractivity contribution in [1.82, 2.24) is 4.98 Å². The van der Waals surface area contributed by atoms with E-state index in [-0.39, 0.29) is 10.6 Å². The topological polar surface area (TPSA) is 105 Å². The minimum atomic E-state index is -3.55. The summed E-state index contributed by atoms with van der Waals surface area (Å²) in [6.45, 7) is 0.515. The molecule has 1 aromatic carbocycles. The van der Waals surface area contributed by atoms with Crippen LogP contribution in [0, 0.1) is 10.1 Å². The molecule has 0 unspecified atom stereocenters. The molecule has 1 aromatic heterocycles. The van der Waals surface area contributed by atoms with Crippen LogP contribution >= 0.6 is 0 Å². The molecule has 2 aromatic rings. The molecule has 7 nitrogen and oxygen atoms in total. The van der Waals surface area contributed by atoms with E-state index in [1.807, 2.05) is 18.3 Å². The number of nitrogens with one attached hydrogen (secondary N) is 2. The highest BCUT2D eigenvalue weighted by Gasteiger charge is 2.18. The lowest BCUT2D eigenvalue weighted by molar-refractivity contribution is -0.385. The number of non-ortho nitro benzene ring substituents is 1. The normalized spacial score (nSPS) is 11.3. The molecule has 2 rings (SSSR count). The van der Waals surface area contributed by atoms with Crippen LogP contribution in [0.5, 0.6) is 0 Å². The summed E-state index contributed by atoms with van der Waals surface area (Å²) in [5.41, 5.74) is 1.14. The lowest BCUT2D eigenvalue weighted by atomic mass is 10.2. The highest BCUT2D eigenvalue weighted by Crippen LogP contribution is 2.26. The second-order valence-corrected chi connectivity index (χ2v) is 6.57. The fourth-order valence-corrected chi connectivity index (χ4v) is 2.81. The van der Waals surface area contributed by atoms with Crippen molar-refractivity contribution in [3.05, 3.63) is 52.3 Å². The lowest BCUT2D eigenvalue weighted by Crippen LogP contribution is -2.10. The zero-order chi connectivity index (χ0) is 15.5. The summed E-state index contributed by atoms with van der Waals surface area (Å²) >= 11 is 0. The number of hydrogen-bond donors (Lipinski definition) is 2. The van der Waals surface area contributed by atoms with E-state index in [0.29, 0.717) is 18.7 Å². The number of aromatic amines is 1. The number of H-pyrrole nitrogens is 1. The number of nitro groups is 1. The maximum atomic E-state index is 11.8. The van der Waals surface area contributed by atoms with Gasteiger partial charge in [0.05, 0.1) is 15.5 Å².